The number of fused-ring (bicyclic) bond motifs is 1. The molecule has 4 aromatic rings. The van der Waals surface area contributed by atoms with Crippen molar-refractivity contribution in [2.45, 2.75) is 6.54 Å². The van der Waals surface area contributed by atoms with E-state index in [0.29, 0.717) is 23.9 Å². The smallest absolute Gasteiger partial charge is 0.258 e. The van der Waals surface area contributed by atoms with Gasteiger partial charge >= 0.3 is 0 Å². The second-order valence-electron chi connectivity index (χ2n) is 6.45. The predicted molar refractivity (Wildman–Crippen MR) is 112 cm³/mol. The van der Waals surface area contributed by atoms with Gasteiger partial charge in [-0.1, -0.05) is 48.5 Å². The fourth-order valence-corrected chi connectivity index (χ4v) is 2.97. The number of pyridine rings is 1. The Hall–Kier alpha value is -3.86. The van der Waals surface area contributed by atoms with E-state index in [-0.39, 0.29) is 12.5 Å². The van der Waals surface area contributed by atoms with Gasteiger partial charge in [0, 0.05) is 18.8 Å². The van der Waals surface area contributed by atoms with Gasteiger partial charge in [-0.15, -0.1) is 0 Å². The van der Waals surface area contributed by atoms with Crippen LogP contribution in [-0.2, 0) is 11.3 Å². The molecule has 0 saturated carbocycles. The second kappa shape index (κ2) is 8.89. The lowest BCUT2D eigenvalue weighted by atomic mass is 10.0. The number of hydrogen-bond acceptors (Lipinski definition) is 4. The van der Waals surface area contributed by atoms with Gasteiger partial charge in [0.1, 0.15) is 11.5 Å². The zero-order chi connectivity index (χ0) is 19.9. The summed E-state index contributed by atoms with van der Waals surface area (Å²) in [6.07, 6.45) is 1.67. The van der Waals surface area contributed by atoms with E-state index in [4.69, 9.17) is 9.47 Å². The van der Waals surface area contributed by atoms with Gasteiger partial charge in [-0.3, -0.25) is 4.79 Å². The monoisotopic (exact) mass is 384 g/mol. The molecule has 0 aliphatic rings. The van der Waals surface area contributed by atoms with E-state index in [2.05, 4.69) is 28.5 Å². The molecule has 29 heavy (non-hydrogen) atoms. The number of nitrogens with zero attached hydrogens (tertiary/aromatic N) is 1. The summed E-state index contributed by atoms with van der Waals surface area (Å²) in [7, 11) is 0. The summed E-state index contributed by atoms with van der Waals surface area (Å²) in [4.78, 5) is 16.3. The Morgan fingerprint density at radius 2 is 1.59 bits per heavy atom. The zero-order valence-electron chi connectivity index (χ0n) is 15.7. The van der Waals surface area contributed by atoms with E-state index in [1.165, 1.54) is 0 Å². The minimum absolute atomic E-state index is 0.0504. The topological polar surface area (TPSA) is 60.5 Å². The zero-order valence-corrected chi connectivity index (χ0v) is 15.7. The molecule has 0 saturated heterocycles. The maximum atomic E-state index is 12.2. The Labute approximate surface area is 168 Å². The van der Waals surface area contributed by atoms with Gasteiger partial charge in [0.15, 0.2) is 6.61 Å². The van der Waals surface area contributed by atoms with Crippen molar-refractivity contribution in [3.8, 4) is 17.4 Å². The third kappa shape index (κ3) is 4.90. The molecule has 0 atom stereocenters. The number of nitrogens with one attached hydrogen (secondary N) is 1. The minimum Gasteiger partial charge on any atom is -0.484 e. The van der Waals surface area contributed by atoms with Gasteiger partial charge in [-0.25, -0.2) is 4.98 Å². The fraction of sp³-hybridized carbons (Fsp3) is 0.0833. The SMILES string of the molecule is O=C(COc1ccc(Oc2ccccn2)cc1)NCc1cccc2ccccc12. The summed E-state index contributed by atoms with van der Waals surface area (Å²) in [6, 6.07) is 26.7. The van der Waals surface area contributed by atoms with Crippen LogP contribution in [0.2, 0.25) is 0 Å². The molecule has 4 rings (SSSR count). The molecule has 5 nitrogen and oxygen atoms in total. The highest BCUT2D eigenvalue weighted by molar-refractivity contribution is 5.86. The van der Waals surface area contributed by atoms with Gasteiger partial charge in [-0.2, -0.15) is 0 Å². The maximum absolute atomic E-state index is 12.2. The van der Waals surface area contributed by atoms with Crippen LogP contribution >= 0.6 is 0 Å². The number of amides is 1. The van der Waals surface area contributed by atoms with Crippen LogP contribution in [0.4, 0.5) is 0 Å². The fourth-order valence-electron chi connectivity index (χ4n) is 2.97. The van der Waals surface area contributed by atoms with Crippen molar-refractivity contribution >= 4 is 16.7 Å². The molecule has 0 aliphatic heterocycles. The van der Waals surface area contributed by atoms with E-state index < -0.39 is 0 Å². The Morgan fingerprint density at radius 3 is 2.41 bits per heavy atom. The Bertz CT molecular complexity index is 1090. The van der Waals surface area contributed by atoms with Crippen LogP contribution in [0.5, 0.6) is 17.4 Å². The highest BCUT2D eigenvalue weighted by Crippen LogP contribution is 2.22. The Balaban J connectivity index is 1.28. The average Bonchev–Trinajstić information content (AvgIpc) is 2.78. The number of hydrogen-bond donors (Lipinski definition) is 1. The number of benzene rings is 3. The van der Waals surface area contributed by atoms with Crippen molar-refractivity contribution in [1.29, 1.82) is 0 Å². The van der Waals surface area contributed by atoms with Crippen LogP contribution in [0, 0.1) is 0 Å². The molecule has 0 radical (unpaired) electrons. The first-order chi connectivity index (χ1) is 14.3. The summed E-state index contributed by atoms with van der Waals surface area (Å²) in [6.45, 7) is 0.408. The largest absolute Gasteiger partial charge is 0.484 e. The first-order valence-corrected chi connectivity index (χ1v) is 9.33. The number of aromatic nitrogens is 1. The van der Waals surface area contributed by atoms with Gasteiger partial charge in [0.25, 0.3) is 5.91 Å². The first kappa shape index (κ1) is 18.5. The minimum atomic E-state index is -0.174. The number of carbonyl (C=O) groups is 1. The molecule has 3 aromatic carbocycles. The molecule has 1 heterocycles. The summed E-state index contributed by atoms with van der Waals surface area (Å²) in [5.41, 5.74) is 1.08. The molecule has 0 bridgehead atoms. The van der Waals surface area contributed by atoms with Crippen molar-refractivity contribution < 1.29 is 14.3 Å². The molecule has 0 unspecified atom stereocenters. The second-order valence-corrected chi connectivity index (χ2v) is 6.45. The van der Waals surface area contributed by atoms with Gasteiger partial charge in [-0.05, 0) is 46.7 Å². The van der Waals surface area contributed by atoms with E-state index >= 15 is 0 Å². The van der Waals surface area contributed by atoms with Crippen LogP contribution < -0.4 is 14.8 Å². The Morgan fingerprint density at radius 1 is 0.828 bits per heavy atom. The summed E-state index contributed by atoms with van der Waals surface area (Å²) in [5, 5.41) is 5.20. The van der Waals surface area contributed by atoms with E-state index in [1.807, 2.05) is 36.4 Å². The molecular weight excluding hydrogens is 364 g/mol. The van der Waals surface area contributed by atoms with Crippen LogP contribution in [0.3, 0.4) is 0 Å². The molecule has 5 heteroatoms. The maximum Gasteiger partial charge on any atom is 0.258 e. The van der Waals surface area contributed by atoms with Crippen LogP contribution in [0.15, 0.2) is 91.1 Å². The van der Waals surface area contributed by atoms with Crippen LogP contribution in [-0.4, -0.2) is 17.5 Å². The third-order valence-corrected chi connectivity index (χ3v) is 4.41. The third-order valence-electron chi connectivity index (χ3n) is 4.41. The van der Waals surface area contributed by atoms with Crippen molar-refractivity contribution in [2.75, 3.05) is 6.61 Å². The van der Waals surface area contributed by atoms with Crippen molar-refractivity contribution in [3.05, 3.63) is 96.7 Å². The lowest BCUT2D eigenvalue weighted by Gasteiger charge is -2.10. The molecule has 0 aliphatic carbocycles. The van der Waals surface area contributed by atoms with E-state index in [1.54, 1.807) is 36.5 Å². The summed E-state index contributed by atoms with van der Waals surface area (Å²) >= 11 is 0. The Kier molecular flexibility index (Phi) is 5.67. The van der Waals surface area contributed by atoms with Crippen LogP contribution in [0.25, 0.3) is 10.8 Å². The van der Waals surface area contributed by atoms with Gasteiger partial charge < -0.3 is 14.8 Å². The van der Waals surface area contributed by atoms with Gasteiger partial charge in [0.05, 0.1) is 0 Å². The number of ether oxygens (including phenoxy) is 2. The highest BCUT2D eigenvalue weighted by Gasteiger charge is 2.06. The standard InChI is InChI=1S/C24H20N2O3/c27-23(26-16-19-8-5-7-18-6-1-2-9-22(18)19)17-28-20-11-13-21(14-12-20)29-24-10-3-4-15-25-24/h1-15H,16-17H2,(H,26,27). The summed E-state index contributed by atoms with van der Waals surface area (Å²) in [5.74, 6) is 1.59. The molecule has 1 aromatic heterocycles. The van der Waals surface area contributed by atoms with Crippen molar-refractivity contribution in [2.24, 2.45) is 0 Å². The average molecular weight is 384 g/mol. The number of carbonyl (C=O) groups excluding carboxylic acids is 1. The lowest BCUT2D eigenvalue weighted by molar-refractivity contribution is -0.123. The quantitative estimate of drug-likeness (QED) is 0.501. The summed E-state index contributed by atoms with van der Waals surface area (Å²) < 4.78 is 11.2. The first-order valence-electron chi connectivity index (χ1n) is 9.33. The van der Waals surface area contributed by atoms with Crippen LogP contribution in [0.1, 0.15) is 5.56 Å². The highest BCUT2D eigenvalue weighted by atomic mass is 16.5. The molecular formula is C24H20N2O3. The molecule has 0 fully saturated rings. The normalized spacial score (nSPS) is 10.5. The molecule has 1 amide bonds. The van der Waals surface area contributed by atoms with E-state index in [0.717, 1.165) is 16.3 Å². The molecule has 1 N–H and O–H groups in total. The van der Waals surface area contributed by atoms with E-state index in [9.17, 15) is 4.79 Å². The number of rotatable bonds is 7. The molecule has 144 valence electrons. The van der Waals surface area contributed by atoms with Crippen molar-refractivity contribution in [3.63, 3.8) is 0 Å². The lowest BCUT2D eigenvalue weighted by Crippen LogP contribution is -2.28. The van der Waals surface area contributed by atoms with Crippen molar-refractivity contribution in [1.82, 2.24) is 10.3 Å². The predicted octanol–water partition coefficient (Wildman–Crippen LogP) is 4.72. The molecule has 0 spiro atoms. The van der Waals surface area contributed by atoms with Gasteiger partial charge in [0.2, 0.25) is 5.88 Å².